The summed E-state index contributed by atoms with van der Waals surface area (Å²) < 4.78 is 30.0. The van der Waals surface area contributed by atoms with Gasteiger partial charge >= 0.3 is 0 Å². The molecule has 0 unspecified atom stereocenters. The number of ether oxygens (including phenoxy) is 1. The molecule has 11 heteroatoms. The van der Waals surface area contributed by atoms with Gasteiger partial charge in [-0.15, -0.1) is 0 Å². The zero-order chi connectivity index (χ0) is 26.7. The van der Waals surface area contributed by atoms with Crippen molar-refractivity contribution >= 4 is 38.1 Å². The van der Waals surface area contributed by atoms with E-state index in [4.69, 9.17) is 16.3 Å². The topological polar surface area (TPSA) is 129 Å². The molecule has 1 aliphatic heterocycles. The second-order valence-corrected chi connectivity index (χ2v) is 11.9. The quantitative estimate of drug-likeness (QED) is 0.395. The number of rotatable bonds is 8. The van der Waals surface area contributed by atoms with Gasteiger partial charge in [0.05, 0.1) is 16.6 Å². The van der Waals surface area contributed by atoms with Crippen molar-refractivity contribution in [3.05, 3.63) is 69.1 Å². The molecule has 1 saturated heterocycles. The first-order valence-corrected chi connectivity index (χ1v) is 14.2. The fraction of sp³-hybridized carbons (Fsp3) is 0.385. The number of nitrogens with one attached hydrogen (secondary N) is 2. The molecule has 2 heterocycles. The SMILES string of the molecule is Cc1cc(Cl)ccc1OC1CCN(C[C@H](O)CNC(=O)c2c[nH]c(=O)c3ccc(S(C)(=O)=O)cc23)CC1. The Morgan fingerprint density at radius 2 is 1.95 bits per heavy atom. The number of aliphatic hydroxyl groups is 1. The van der Waals surface area contributed by atoms with Crippen LogP contribution in [-0.4, -0.2) is 74.0 Å². The van der Waals surface area contributed by atoms with Crippen molar-refractivity contribution in [3.8, 4) is 5.75 Å². The van der Waals surface area contributed by atoms with E-state index in [0.29, 0.717) is 11.6 Å². The van der Waals surface area contributed by atoms with Crippen LogP contribution in [0.3, 0.4) is 0 Å². The number of amides is 1. The lowest BCUT2D eigenvalue weighted by atomic mass is 10.1. The van der Waals surface area contributed by atoms with E-state index in [1.54, 1.807) is 0 Å². The highest BCUT2D eigenvalue weighted by atomic mass is 35.5. The highest BCUT2D eigenvalue weighted by Gasteiger charge is 2.23. The monoisotopic (exact) mass is 547 g/mol. The molecule has 1 aliphatic rings. The number of pyridine rings is 1. The van der Waals surface area contributed by atoms with Crippen LogP contribution in [0, 0.1) is 6.92 Å². The van der Waals surface area contributed by atoms with E-state index >= 15 is 0 Å². The third-order valence-electron chi connectivity index (χ3n) is 6.48. The van der Waals surface area contributed by atoms with Crippen molar-refractivity contribution in [2.24, 2.45) is 0 Å². The number of β-amino-alcohol motifs (C(OH)–C–C–N with tert-alkyl or cyclic N) is 1. The van der Waals surface area contributed by atoms with Crippen molar-refractivity contribution in [2.75, 3.05) is 32.4 Å². The molecule has 3 aromatic rings. The Morgan fingerprint density at radius 3 is 2.62 bits per heavy atom. The van der Waals surface area contributed by atoms with Gasteiger partial charge in [-0.3, -0.25) is 9.59 Å². The number of piperidine rings is 1. The van der Waals surface area contributed by atoms with E-state index in [1.807, 2.05) is 25.1 Å². The number of nitrogens with zero attached hydrogens (tertiary/aromatic N) is 1. The smallest absolute Gasteiger partial charge is 0.255 e. The molecular weight excluding hydrogens is 518 g/mol. The van der Waals surface area contributed by atoms with Crippen molar-refractivity contribution in [1.82, 2.24) is 15.2 Å². The summed E-state index contributed by atoms with van der Waals surface area (Å²) in [6.07, 6.45) is 3.22. The molecular formula is C26H30ClN3O6S. The van der Waals surface area contributed by atoms with Crippen molar-refractivity contribution in [3.63, 3.8) is 0 Å². The Bertz CT molecular complexity index is 1460. The molecule has 0 aliphatic carbocycles. The molecule has 1 amide bonds. The third kappa shape index (κ3) is 6.70. The fourth-order valence-corrected chi connectivity index (χ4v) is 5.33. The lowest BCUT2D eigenvalue weighted by Crippen LogP contribution is -2.45. The zero-order valence-electron chi connectivity index (χ0n) is 20.7. The normalized spacial score (nSPS) is 16.0. The first kappa shape index (κ1) is 27.1. The number of halogens is 1. The number of carbonyl (C=O) groups excluding carboxylic acids is 1. The molecule has 0 radical (unpaired) electrons. The van der Waals surface area contributed by atoms with E-state index in [-0.39, 0.29) is 33.9 Å². The summed E-state index contributed by atoms with van der Waals surface area (Å²) in [7, 11) is -3.52. The predicted molar refractivity (Wildman–Crippen MR) is 142 cm³/mol. The number of hydrogen-bond donors (Lipinski definition) is 3. The summed E-state index contributed by atoms with van der Waals surface area (Å²) in [4.78, 5) is 29.7. The summed E-state index contributed by atoms with van der Waals surface area (Å²) in [6, 6.07) is 9.61. The maximum atomic E-state index is 12.9. The van der Waals surface area contributed by atoms with Crippen LogP contribution < -0.4 is 15.6 Å². The molecule has 4 rings (SSSR count). The first-order valence-electron chi connectivity index (χ1n) is 12.0. The predicted octanol–water partition coefficient (Wildman–Crippen LogP) is 2.53. The Balaban J connectivity index is 1.31. The number of benzene rings is 2. The number of aliphatic hydroxyl groups excluding tert-OH is 1. The van der Waals surface area contributed by atoms with Crippen LogP contribution in [0.5, 0.6) is 5.75 Å². The fourth-order valence-electron chi connectivity index (χ4n) is 4.46. The van der Waals surface area contributed by atoms with Gasteiger partial charge in [0.1, 0.15) is 11.9 Å². The second kappa shape index (κ2) is 11.2. The number of carbonyl (C=O) groups is 1. The number of H-pyrrole nitrogens is 1. The van der Waals surface area contributed by atoms with E-state index in [2.05, 4.69) is 15.2 Å². The zero-order valence-corrected chi connectivity index (χ0v) is 22.2. The molecule has 2 aromatic carbocycles. The molecule has 1 aromatic heterocycles. The van der Waals surface area contributed by atoms with Crippen LogP contribution in [0.25, 0.3) is 10.8 Å². The summed E-state index contributed by atoms with van der Waals surface area (Å²) in [6.45, 7) is 3.85. The number of aromatic nitrogens is 1. The van der Waals surface area contributed by atoms with Gasteiger partial charge in [0.15, 0.2) is 9.84 Å². The van der Waals surface area contributed by atoms with E-state index in [0.717, 1.165) is 43.5 Å². The van der Waals surface area contributed by atoms with Gasteiger partial charge in [-0.1, -0.05) is 11.6 Å². The Kier molecular flexibility index (Phi) is 8.23. The van der Waals surface area contributed by atoms with Gasteiger partial charge in [0.25, 0.3) is 11.5 Å². The molecule has 9 nitrogen and oxygen atoms in total. The van der Waals surface area contributed by atoms with Gasteiger partial charge in [-0.25, -0.2) is 8.42 Å². The van der Waals surface area contributed by atoms with Crippen LogP contribution in [0.4, 0.5) is 0 Å². The lowest BCUT2D eigenvalue weighted by Gasteiger charge is -2.33. The average molecular weight is 548 g/mol. The minimum absolute atomic E-state index is 0.00557. The number of aryl methyl sites for hydroxylation is 1. The third-order valence-corrected chi connectivity index (χ3v) is 7.82. The summed E-state index contributed by atoms with van der Waals surface area (Å²) in [5.74, 6) is 0.306. The van der Waals surface area contributed by atoms with Crippen molar-refractivity contribution in [1.29, 1.82) is 0 Å². The molecule has 0 bridgehead atoms. The van der Waals surface area contributed by atoms with Crippen LogP contribution in [0.15, 0.2) is 52.3 Å². The molecule has 3 N–H and O–H groups in total. The van der Waals surface area contributed by atoms with Gasteiger partial charge in [0, 0.05) is 54.4 Å². The standard InChI is InChI=1S/C26H30ClN3O6S/c1-16-11-17(27)3-6-24(16)36-19-7-9-30(10-8-19)15-18(31)13-28-26(33)23-14-29-25(32)21-5-4-20(12-22(21)23)37(2,34)35/h3-6,11-12,14,18-19,31H,7-10,13,15H2,1-2H3,(H,28,33)(H,29,32)/t18-/m1/s1. The van der Waals surface area contributed by atoms with Crippen molar-refractivity contribution in [2.45, 2.75) is 36.9 Å². The van der Waals surface area contributed by atoms with Gasteiger partial charge in [-0.05, 0) is 61.7 Å². The maximum Gasteiger partial charge on any atom is 0.255 e. The number of hydrogen-bond acceptors (Lipinski definition) is 7. The average Bonchev–Trinajstić information content (AvgIpc) is 2.85. The van der Waals surface area contributed by atoms with Crippen LogP contribution >= 0.6 is 11.6 Å². The molecule has 1 fully saturated rings. The van der Waals surface area contributed by atoms with Crippen LogP contribution in [-0.2, 0) is 9.84 Å². The number of likely N-dealkylation sites (tertiary alicyclic amines) is 1. The van der Waals surface area contributed by atoms with Gasteiger partial charge < -0.3 is 25.0 Å². The van der Waals surface area contributed by atoms with Crippen molar-refractivity contribution < 1.29 is 23.1 Å². The lowest BCUT2D eigenvalue weighted by molar-refractivity contribution is 0.0592. The number of fused-ring (bicyclic) bond motifs is 1. The molecule has 1 atom stereocenters. The Morgan fingerprint density at radius 1 is 1.22 bits per heavy atom. The molecule has 37 heavy (non-hydrogen) atoms. The summed E-state index contributed by atoms with van der Waals surface area (Å²) in [5.41, 5.74) is 0.692. The summed E-state index contributed by atoms with van der Waals surface area (Å²) in [5, 5.41) is 14.3. The molecule has 198 valence electrons. The summed E-state index contributed by atoms with van der Waals surface area (Å²) >= 11 is 6.01. The van der Waals surface area contributed by atoms with E-state index < -0.39 is 27.4 Å². The minimum atomic E-state index is -3.52. The van der Waals surface area contributed by atoms with Crippen LogP contribution in [0.2, 0.25) is 5.02 Å². The van der Waals surface area contributed by atoms with E-state index in [1.165, 1.54) is 24.4 Å². The van der Waals surface area contributed by atoms with Crippen LogP contribution in [0.1, 0.15) is 28.8 Å². The van der Waals surface area contributed by atoms with Gasteiger partial charge in [-0.2, -0.15) is 0 Å². The highest BCUT2D eigenvalue weighted by Crippen LogP contribution is 2.25. The molecule has 0 saturated carbocycles. The largest absolute Gasteiger partial charge is 0.490 e. The number of aromatic amines is 1. The van der Waals surface area contributed by atoms with Gasteiger partial charge in [0.2, 0.25) is 0 Å². The number of sulfone groups is 1. The minimum Gasteiger partial charge on any atom is -0.490 e. The second-order valence-electron chi connectivity index (χ2n) is 9.40. The van der Waals surface area contributed by atoms with E-state index in [9.17, 15) is 23.1 Å². The Hall–Kier alpha value is -2.92. The Labute approximate surface area is 220 Å². The highest BCUT2D eigenvalue weighted by molar-refractivity contribution is 7.90. The molecule has 0 spiro atoms. The first-order chi connectivity index (χ1) is 17.5. The maximum absolute atomic E-state index is 12.9.